The molecular formula is C13H15N3O. The van der Waals surface area contributed by atoms with E-state index in [9.17, 15) is 0 Å². The molecule has 4 nitrogen and oxygen atoms in total. The number of aromatic nitrogens is 1. The molecule has 4 heteroatoms. The van der Waals surface area contributed by atoms with Crippen molar-refractivity contribution >= 4 is 11.1 Å². The van der Waals surface area contributed by atoms with Gasteiger partial charge in [0, 0.05) is 13.1 Å². The summed E-state index contributed by atoms with van der Waals surface area (Å²) in [4.78, 5) is 4.06. The van der Waals surface area contributed by atoms with Crippen molar-refractivity contribution in [1.82, 2.24) is 10.3 Å². The Morgan fingerprint density at radius 3 is 3.18 bits per heavy atom. The van der Waals surface area contributed by atoms with E-state index in [1.54, 1.807) is 0 Å². The van der Waals surface area contributed by atoms with Crippen LogP contribution in [-0.2, 0) is 6.54 Å². The number of oxazole rings is 1. The molecule has 0 saturated heterocycles. The molecule has 0 spiro atoms. The number of rotatable bonds is 5. The lowest BCUT2D eigenvalue weighted by molar-refractivity contribution is 0.552. The minimum atomic E-state index is 0.0870. The fourth-order valence-electron chi connectivity index (χ4n) is 1.68. The number of hydrogen-bond donors (Lipinski definition) is 1. The van der Waals surface area contributed by atoms with Gasteiger partial charge in [0.2, 0.25) is 0 Å². The van der Waals surface area contributed by atoms with Gasteiger partial charge in [0.25, 0.3) is 0 Å². The van der Waals surface area contributed by atoms with Crippen molar-refractivity contribution < 1.29 is 4.42 Å². The lowest BCUT2D eigenvalue weighted by Gasteiger charge is -2.07. The van der Waals surface area contributed by atoms with Gasteiger partial charge in [-0.15, -0.1) is 0 Å². The highest BCUT2D eigenvalue weighted by Gasteiger charge is 2.04. The first-order chi connectivity index (χ1) is 8.33. The van der Waals surface area contributed by atoms with Crippen molar-refractivity contribution in [2.45, 2.75) is 19.9 Å². The van der Waals surface area contributed by atoms with Gasteiger partial charge >= 0.3 is 0 Å². The van der Waals surface area contributed by atoms with Crippen LogP contribution in [0.2, 0.25) is 0 Å². The third-order valence-electron chi connectivity index (χ3n) is 2.79. The van der Waals surface area contributed by atoms with E-state index < -0.39 is 0 Å². The maximum Gasteiger partial charge on any atom is 0.181 e. The van der Waals surface area contributed by atoms with Crippen LogP contribution in [0, 0.1) is 17.2 Å². The lowest BCUT2D eigenvalue weighted by Crippen LogP contribution is -2.21. The van der Waals surface area contributed by atoms with Crippen LogP contribution < -0.4 is 5.32 Å². The first-order valence-electron chi connectivity index (χ1n) is 5.76. The average Bonchev–Trinajstić information content (AvgIpc) is 2.82. The molecule has 0 aliphatic heterocycles. The summed E-state index contributed by atoms with van der Waals surface area (Å²) in [6.07, 6.45) is 2.33. The topological polar surface area (TPSA) is 61.9 Å². The zero-order chi connectivity index (χ0) is 12.1. The molecule has 17 heavy (non-hydrogen) atoms. The summed E-state index contributed by atoms with van der Waals surface area (Å²) in [5.74, 6) is 0.0870. The molecule has 0 radical (unpaired) electrons. The molecule has 2 aromatic rings. The smallest absolute Gasteiger partial charge is 0.181 e. The monoisotopic (exact) mass is 229 g/mol. The SMILES string of the molecule is CCC(C#N)CNCc1ccc2ncoc2c1. The van der Waals surface area contributed by atoms with Crippen LogP contribution in [-0.4, -0.2) is 11.5 Å². The van der Waals surface area contributed by atoms with Crippen LogP contribution in [0.1, 0.15) is 18.9 Å². The molecule has 0 amide bonds. The van der Waals surface area contributed by atoms with Gasteiger partial charge in [-0.25, -0.2) is 4.98 Å². The van der Waals surface area contributed by atoms with Gasteiger partial charge in [-0.3, -0.25) is 0 Å². The van der Waals surface area contributed by atoms with Crippen LogP contribution in [0.25, 0.3) is 11.1 Å². The highest BCUT2D eigenvalue weighted by atomic mass is 16.3. The van der Waals surface area contributed by atoms with E-state index in [0.29, 0.717) is 0 Å². The Bertz CT molecular complexity index is 527. The summed E-state index contributed by atoms with van der Waals surface area (Å²) >= 11 is 0. The summed E-state index contributed by atoms with van der Waals surface area (Å²) in [5.41, 5.74) is 2.82. The largest absolute Gasteiger partial charge is 0.443 e. The van der Waals surface area contributed by atoms with Gasteiger partial charge < -0.3 is 9.73 Å². The van der Waals surface area contributed by atoms with E-state index in [1.165, 1.54) is 6.39 Å². The Morgan fingerprint density at radius 1 is 1.53 bits per heavy atom. The van der Waals surface area contributed by atoms with Gasteiger partial charge in [0.1, 0.15) is 5.52 Å². The summed E-state index contributed by atoms with van der Waals surface area (Å²) in [6.45, 7) is 3.49. The Kier molecular flexibility index (Phi) is 3.73. The van der Waals surface area contributed by atoms with Gasteiger partial charge in [-0.1, -0.05) is 13.0 Å². The van der Waals surface area contributed by atoms with E-state index in [2.05, 4.69) is 16.4 Å². The maximum absolute atomic E-state index is 8.82. The maximum atomic E-state index is 8.82. The molecule has 0 aliphatic rings. The van der Waals surface area contributed by atoms with E-state index in [0.717, 1.165) is 36.2 Å². The van der Waals surface area contributed by atoms with Crippen LogP contribution >= 0.6 is 0 Å². The van der Waals surface area contributed by atoms with Crippen molar-refractivity contribution in [2.24, 2.45) is 5.92 Å². The third-order valence-corrected chi connectivity index (χ3v) is 2.79. The van der Waals surface area contributed by atoms with Crippen molar-refractivity contribution in [3.05, 3.63) is 30.2 Å². The molecule has 1 aromatic heterocycles. The van der Waals surface area contributed by atoms with Crippen LogP contribution in [0.4, 0.5) is 0 Å². The Morgan fingerprint density at radius 2 is 2.41 bits per heavy atom. The van der Waals surface area contributed by atoms with Crippen LogP contribution in [0.5, 0.6) is 0 Å². The fourth-order valence-corrected chi connectivity index (χ4v) is 1.68. The number of nitrogens with one attached hydrogen (secondary N) is 1. The fraction of sp³-hybridized carbons (Fsp3) is 0.385. The first kappa shape index (κ1) is 11.6. The highest BCUT2D eigenvalue weighted by Crippen LogP contribution is 2.14. The Balaban J connectivity index is 1.92. The highest BCUT2D eigenvalue weighted by molar-refractivity contribution is 5.72. The summed E-state index contributed by atoms with van der Waals surface area (Å²) < 4.78 is 5.24. The van der Waals surface area contributed by atoms with E-state index in [-0.39, 0.29) is 5.92 Å². The number of fused-ring (bicyclic) bond motifs is 1. The summed E-state index contributed by atoms with van der Waals surface area (Å²) in [7, 11) is 0. The van der Waals surface area contributed by atoms with Crippen LogP contribution in [0.3, 0.4) is 0 Å². The number of benzene rings is 1. The number of nitriles is 1. The van der Waals surface area contributed by atoms with Gasteiger partial charge in [-0.2, -0.15) is 5.26 Å². The minimum Gasteiger partial charge on any atom is -0.443 e. The molecule has 0 bridgehead atoms. The molecule has 2 rings (SSSR count). The molecule has 0 fully saturated rings. The van der Waals surface area contributed by atoms with Crippen molar-refractivity contribution in [2.75, 3.05) is 6.54 Å². The van der Waals surface area contributed by atoms with Gasteiger partial charge in [0.15, 0.2) is 12.0 Å². The molecule has 1 N–H and O–H groups in total. The zero-order valence-electron chi connectivity index (χ0n) is 9.81. The molecule has 1 aromatic carbocycles. The number of hydrogen-bond acceptors (Lipinski definition) is 4. The first-order valence-corrected chi connectivity index (χ1v) is 5.76. The van der Waals surface area contributed by atoms with Gasteiger partial charge in [0.05, 0.1) is 12.0 Å². The molecule has 1 atom stereocenters. The lowest BCUT2D eigenvalue weighted by atomic mass is 10.1. The molecule has 0 aliphatic carbocycles. The number of nitrogens with zero attached hydrogens (tertiary/aromatic N) is 2. The van der Waals surface area contributed by atoms with Crippen molar-refractivity contribution in [1.29, 1.82) is 5.26 Å². The predicted molar refractivity (Wildman–Crippen MR) is 65.1 cm³/mol. The molecular weight excluding hydrogens is 214 g/mol. The van der Waals surface area contributed by atoms with Crippen LogP contribution in [0.15, 0.2) is 29.0 Å². The standard InChI is InChI=1S/C13H15N3O/c1-2-10(6-14)7-15-8-11-3-4-12-13(5-11)17-9-16-12/h3-5,9-10,15H,2,7-8H2,1H3. The normalized spacial score (nSPS) is 12.5. The second-order valence-electron chi connectivity index (χ2n) is 4.02. The Labute approximate surface area is 100 Å². The average molecular weight is 229 g/mol. The van der Waals surface area contributed by atoms with E-state index >= 15 is 0 Å². The molecule has 1 unspecified atom stereocenters. The molecule has 1 heterocycles. The van der Waals surface area contributed by atoms with E-state index in [4.69, 9.17) is 9.68 Å². The second-order valence-corrected chi connectivity index (χ2v) is 4.02. The van der Waals surface area contributed by atoms with Gasteiger partial charge in [-0.05, 0) is 24.1 Å². The molecule has 88 valence electrons. The van der Waals surface area contributed by atoms with Crippen molar-refractivity contribution in [3.8, 4) is 6.07 Å². The predicted octanol–water partition coefficient (Wildman–Crippen LogP) is 2.47. The zero-order valence-corrected chi connectivity index (χ0v) is 9.81. The third kappa shape index (κ3) is 2.83. The Hall–Kier alpha value is -1.86. The minimum absolute atomic E-state index is 0.0870. The van der Waals surface area contributed by atoms with E-state index in [1.807, 2.05) is 25.1 Å². The summed E-state index contributed by atoms with van der Waals surface area (Å²) in [5, 5.41) is 12.1. The molecule has 0 saturated carbocycles. The quantitative estimate of drug-likeness (QED) is 0.855. The van der Waals surface area contributed by atoms with Crippen molar-refractivity contribution in [3.63, 3.8) is 0 Å². The summed E-state index contributed by atoms with van der Waals surface area (Å²) in [6, 6.07) is 8.21. The second kappa shape index (κ2) is 5.46.